The Morgan fingerprint density at radius 2 is 2.17 bits per heavy atom. The largest absolute Gasteiger partial charge is 0.338 e. The molecule has 0 aromatic carbocycles. The second-order valence-electron chi connectivity index (χ2n) is 6.72. The molecular weight excluding hydrogens is 292 g/mol. The first-order valence-electron chi connectivity index (χ1n) is 8.88. The van der Waals surface area contributed by atoms with Crippen LogP contribution >= 0.6 is 0 Å². The third-order valence-electron chi connectivity index (χ3n) is 4.97. The lowest BCUT2D eigenvalue weighted by Gasteiger charge is -2.17. The van der Waals surface area contributed by atoms with Crippen LogP contribution in [0.2, 0.25) is 0 Å². The summed E-state index contributed by atoms with van der Waals surface area (Å²) in [5.74, 6) is 1.56. The zero-order valence-corrected chi connectivity index (χ0v) is 14.0. The van der Waals surface area contributed by atoms with E-state index in [2.05, 4.69) is 32.5 Å². The first-order chi connectivity index (χ1) is 11.2. The molecule has 2 heterocycles. The smallest absolute Gasteiger partial charge is 0.315 e. The van der Waals surface area contributed by atoms with Gasteiger partial charge >= 0.3 is 6.03 Å². The molecule has 0 bridgehead atoms. The van der Waals surface area contributed by atoms with Gasteiger partial charge in [0.2, 0.25) is 0 Å². The van der Waals surface area contributed by atoms with Gasteiger partial charge in [-0.05, 0) is 38.6 Å². The molecular formula is C16H28N6O. The topological polar surface area (TPSA) is 75.1 Å². The van der Waals surface area contributed by atoms with Crippen LogP contribution in [0.25, 0.3) is 0 Å². The summed E-state index contributed by atoms with van der Waals surface area (Å²) in [5.41, 5.74) is 0. The van der Waals surface area contributed by atoms with Crippen molar-refractivity contribution in [3.05, 3.63) is 12.2 Å². The SMILES string of the molecule is CCn1ncnc1CN1CCC(CNC(=O)NC2CCCC2)C1. The Morgan fingerprint density at radius 3 is 2.96 bits per heavy atom. The fourth-order valence-corrected chi connectivity index (χ4v) is 3.64. The highest BCUT2D eigenvalue weighted by Crippen LogP contribution is 2.18. The van der Waals surface area contributed by atoms with Crippen LogP contribution in [-0.2, 0) is 13.1 Å². The van der Waals surface area contributed by atoms with E-state index in [0.717, 1.165) is 57.8 Å². The van der Waals surface area contributed by atoms with Crippen molar-refractivity contribution in [3.8, 4) is 0 Å². The number of aryl methyl sites for hydroxylation is 1. The number of nitrogens with zero attached hydrogens (tertiary/aromatic N) is 4. The lowest BCUT2D eigenvalue weighted by molar-refractivity contribution is 0.234. The van der Waals surface area contributed by atoms with Gasteiger partial charge in [0.25, 0.3) is 0 Å². The van der Waals surface area contributed by atoms with E-state index in [9.17, 15) is 4.79 Å². The molecule has 1 atom stereocenters. The molecule has 2 aliphatic rings. The van der Waals surface area contributed by atoms with Crippen LogP contribution in [0.5, 0.6) is 0 Å². The lowest BCUT2D eigenvalue weighted by atomic mass is 10.1. The molecule has 1 saturated heterocycles. The van der Waals surface area contributed by atoms with Gasteiger partial charge in [0.05, 0.1) is 6.54 Å². The van der Waals surface area contributed by atoms with E-state index in [1.165, 1.54) is 12.8 Å². The zero-order chi connectivity index (χ0) is 16.1. The molecule has 2 N–H and O–H groups in total. The molecule has 1 aromatic heterocycles. The van der Waals surface area contributed by atoms with Gasteiger partial charge in [0.1, 0.15) is 12.2 Å². The number of amides is 2. The summed E-state index contributed by atoms with van der Waals surface area (Å²) in [5, 5.41) is 10.3. The maximum atomic E-state index is 11.9. The summed E-state index contributed by atoms with van der Waals surface area (Å²) >= 11 is 0. The molecule has 7 heteroatoms. The van der Waals surface area contributed by atoms with Gasteiger partial charge in [-0.3, -0.25) is 4.90 Å². The molecule has 3 rings (SSSR count). The van der Waals surface area contributed by atoms with E-state index in [4.69, 9.17) is 0 Å². The van der Waals surface area contributed by atoms with Crippen molar-refractivity contribution in [2.24, 2.45) is 5.92 Å². The van der Waals surface area contributed by atoms with E-state index in [1.54, 1.807) is 6.33 Å². The number of aromatic nitrogens is 3. The normalized spacial score (nSPS) is 22.6. The number of hydrogen-bond donors (Lipinski definition) is 2. The number of likely N-dealkylation sites (tertiary alicyclic amines) is 1. The summed E-state index contributed by atoms with van der Waals surface area (Å²) in [7, 11) is 0. The molecule has 128 valence electrons. The number of hydrogen-bond acceptors (Lipinski definition) is 4. The quantitative estimate of drug-likeness (QED) is 0.830. The standard InChI is InChI=1S/C16H28N6O/c1-2-22-15(18-12-19-22)11-21-8-7-13(10-21)9-17-16(23)20-14-5-3-4-6-14/h12-14H,2-11H2,1H3,(H2,17,20,23). The van der Waals surface area contributed by atoms with Gasteiger partial charge in [0, 0.05) is 25.7 Å². The van der Waals surface area contributed by atoms with Crippen LogP contribution in [0.3, 0.4) is 0 Å². The minimum atomic E-state index is 0.000996. The van der Waals surface area contributed by atoms with Crippen molar-refractivity contribution in [1.82, 2.24) is 30.3 Å². The molecule has 23 heavy (non-hydrogen) atoms. The third-order valence-corrected chi connectivity index (χ3v) is 4.97. The number of nitrogens with one attached hydrogen (secondary N) is 2. The van der Waals surface area contributed by atoms with Crippen molar-refractivity contribution in [2.45, 2.75) is 58.2 Å². The molecule has 1 saturated carbocycles. The number of carbonyl (C=O) groups excluding carboxylic acids is 1. The summed E-state index contributed by atoms with van der Waals surface area (Å²) < 4.78 is 1.95. The average Bonchev–Trinajstić information content (AvgIpc) is 3.27. The van der Waals surface area contributed by atoms with Crippen molar-refractivity contribution >= 4 is 6.03 Å². The fourth-order valence-electron chi connectivity index (χ4n) is 3.64. The minimum Gasteiger partial charge on any atom is -0.338 e. The average molecular weight is 320 g/mol. The molecule has 2 fully saturated rings. The summed E-state index contributed by atoms with van der Waals surface area (Å²) in [6.07, 6.45) is 7.49. The zero-order valence-electron chi connectivity index (χ0n) is 14.0. The van der Waals surface area contributed by atoms with Crippen LogP contribution in [0.1, 0.15) is 44.9 Å². The van der Waals surface area contributed by atoms with Crippen molar-refractivity contribution in [1.29, 1.82) is 0 Å². The van der Waals surface area contributed by atoms with E-state index in [1.807, 2.05) is 4.68 Å². The van der Waals surface area contributed by atoms with Gasteiger partial charge in [-0.25, -0.2) is 14.5 Å². The molecule has 1 aromatic rings. The van der Waals surface area contributed by atoms with Gasteiger partial charge in [-0.1, -0.05) is 12.8 Å². The maximum absolute atomic E-state index is 11.9. The van der Waals surface area contributed by atoms with E-state index in [0.29, 0.717) is 12.0 Å². The molecule has 1 aliphatic heterocycles. The van der Waals surface area contributed by atoms with Crippen LogP contribution in [-0.4, -0.2) is 51.4 Å². The Balaban J connectivity index is 1.37. The number of rotatable bonds is 6. The molecule has 0 radical (unpaired) electrons. The predicted octanol–water partition coefficient (Wildman–Crippen LogP) is 1.36. The minimum absolute atomic E-state index is 0.000996. The van der Waals surface area contributed by atoms with E-state index >= 15 is 0 Å². The van der Waals surface area contributed by atoms with Crippen LogP contribution in [0.15, 0.2) is 6.33 Å². The van der Waals surface area contributed by atoms with Crippen LogP contribution in [0.4, 0.5) is 4.79 Å². The number of urea groups is 1. The predicted molar refractivity (Wildman–Crippen MR) is 87.9 cm³/mol. The second kappa shape index (κ2) is 7.77. The fraction of sp³-hybridized carbons (Fsp3) is 0.812. The summed E-state index contributed by atoms with van der Waals surface area (Å²) in [4.78, 5) is 18.7. The molecule has 0 spiro atoms. The van der Waals surface area contributed by atoms with Gasteiger partial charge in [-0.2, -0.15) is 5.10 Å². The van der Waals surface area contributed by atoms with E-state index in [-0.39, 0.29) is 6.03 Å². The third kappa shape index (κ3) is 4.43. The van der Waals surface area contributed by atoms with Crippen molar-refractivity contribution in [2.75, 3.05) is 19.6 Å². The molecule has 7 nitrogen and oxygen atoms in total. The Kier molecular flexibility index (Phi) is 5.48. The van der Waals surface area contributed by atoms with Crippen LogP contribution < -0.4 is 10.6 Å². The Labute approximate surface area is 137 Å². The van der Waals surface area contributed by atoms with Gasteiger partial charge in [-0.15, -0.1) is 0 Å². The highest BCUT2D eigenvalue weighted by Gasteiger charge is 2.24. The Morgan fingerprint density at radius 1 is 1.35 bits per heavy atom. The van der Waals surface area contributed by atoms with E-state index < -0.39 is 0 Å². The second-order valence-corrected chi connectivity index (χ2v) is 6.72. The summed E-state index contributed by atoms with van der Waals surface area (Å²) in [6, 6.07) is 0.386. The molecule has 1 aliphatic carbocycles. The highest BCUT2D eigenvalue weighted by atomic mass is 16.2. The monoisotopic (exact) mass is 320 g/mol. The number of carbonyl (C=O) groups is 1. The van der Waals surface area contributed by atoms with Crippen molar-refractivity contribution < 1.29 is 4.79 Å². The first-order valence-corrected chi connectivity index (χ1v) is 8.88. The van der Waals surface area contributed by atoms with Crippen molar-refractivity contribution in [3.63, 3.8) is 0 Å². The Bertz CT molecular complexity index is 510. The first kappa shape index (κ1) is 16.2. The molecule has 2 amide bonds. The maximum Gasteiger partial charge on any atom is 0.315 e. The van der Waals surface area contributed by atoms with Crippen LogP contribution in [0, 0.1) is 5.92 Å². The molecule has 1 unspecified atom stereocenters. The van der Waals surface area contributed by atoms with Gasteiger partial charge in [0.15, 0.2) is 0 Å². The highest BCUT2D eigenvalue weighted by molar-refractivity contribution is 5.74. The Hall–Kier alpha value is -1.63. The lowest BCUT2D eigenvalue weighted by Crippen LogP contribution is -2.42. The summed E-state index contributed by atoms with van der Waals surface area (Å²) in [6.45, 7) is 6.62. The van der Waals surface area contributed by atoms with Gasteiger partial charge < -0.3 is 10.6 Å².